The highest BCUT2D eigenvalue weighted by atomic mass is 32.2. The van der Waals surface area contributed by atoms with Crippen LogP contribution in [-0.4, -0.2) is 29.4 Å². The molecule has 0 bridgehead atoms. The molecule has 1 aromatic heterocycles. The number of hydrogen-bond donors (Lipinski definition) is 1. The number of rotatable bonds is 6. The van der Waals surface area contributed by atoms with Gasteiger partial charge in [0.1, 0.15) is 5.82 Å². The third-order valence-corrected chi connectivity index (χ3v) is 6.01. The summed E-state index contributed by atoms with van der Waals surface area (Å²) in [7, 11) is 3.36. The van der Waals surface area contributed by atoms with Gasteiger partial charge in [-0.15, -0.1) is 11.8 Å². The van der Waals surface area contributed by atoms with Gasteiger partial charge in [0.15, 0.2) is 17.2 Å². The van der Waals surface area contributed by atoms with Gasteiger partial charge in [-0.3, -0.25) is 9.48 Å². The van der Waals surface area contributed by atoms with Gasteiger partial charge < -0.3 is 14.8 Å². The number of fused-ring (bicyclic) bond motifs is 3. The Labute approximate surface area is 178 Å². The SMILES string of the molecule is CCOc1ccc(CNC(=O)c2nn(C)c3c2CSc2ccc(F)cc2-3)cc1OC. The van der Waals surface area contributed by atoms with Gasteiger partial charge in [0.05, 0.1) is 19.4 Å². The van der Waals surface area contributed by atoms with Crippen molar-refractivity contribution in [3.05, 3.63) is 59.0 Å². The van der Waals surface area contributed by atoms with Gasteiger partial charge in [-0.25, -0.2) is 4.39 Å². The van der Waals surface area contributed by atoms with Crippen LogP contribution in [0.2, 0.25) is 0 Å². The molecule has 8 heteroatoms. The van der Waals surface area contributed by atoms with Gasteiger partial charge in [-0.05, 0) is 42.8 Å². The average Bonchev–Trinajstić information content (AvgIpc) is 3.10. The molecule has 2 aromatic carbocycles. The first-order valence-corrected chi connectivity index (χ1v) is 10.6. The lowest BCUT2D eigenvalue weighted by Crippen LogP contribution is -2.24. The molecule has 0 fully saturated rings. The van der Waals surface area contributed by atoms with Crippen molar-refractivity contribution >= 4 is 17.7 Å². The molecule has 4 rings (SSSR count). The van der Waals surface area contributed by atoms with E-state index in [0.29, 0.717) is 36.1 Å². The number of nitrogens with zero attached hydrogens (tertiary/aromatic N) is 2. The smallest absolute Gasteiger partial charge is 0.272 e. The minimum absolute atomic E-state index is 0.264. The van der Waals surface area contributed by atoms with Crippen LogP contribution in [0.5, 0.6) is 11.5 Å². The predicted molar refractivity (Wildman–Crippen MR) is 113 cm³/mol. The molecule has 0 unspecified atom stereocenters. The first kappa shape index (κ1) is 20.3. The Balaban J connectivity index is 1.55. The minimum Gasteiger partial charge on any atom is -0.493 e. The quantitative estimate of drug-likeness (QED) is 0.640. The normalized spacial score (nSPS) is 12.1. The third-order valence-electron chi connectivity index (χ3n) is 4.91. The van der Waals surface area contributed by atoms with Crippen LogP contribution in [0.15, 0.2) is 41.3 Å². The monoisotopic (exact) mass is 427 g/mol. The molecular weight excluding hydrogens is 405 g/mol. The second-order valence-electron chi connectivity index (χ2n) is 6.83. The molecule has 30 heavy (non-hydrogen) atoms. The lowest BCUT2D eigenvalue weighted by atomic mass is 10.1. The number of aromatic nitrogens is 2. The van der Waals surface area contributed by atoms with Crippen LogP contribution >= 0.6 is 11.8 Å². The van der Waals surface area contributed by atoms with Crippen molar-refractivity contribution in [3.63, 3.8) is 0 Å². The molecule has 1 aliphatic rings. The molecule has 0 saturated heterocycles. The summed E-state index contributed by atoms with van der Waals surface area (Å²) in [6, 6.07) is 10.3. The summed E-state index contributed by atoms with van der Waals surface area (Å²) in [6.45, 7) is 2.78. The van der Waals surface area contributed by atoms with Crippen LogP contribution in [0.4, 0.5) is 4.39 Å². The number of amides is 1. The number of thioether (sulfide) groups is 1. The van der Waals surface area contributed by atoms with Crippen LogP contribution in [0.3, 0.4) is 0 Å². The van der Waals surface area contributed by atoms with E-state index in [2.05, 4.69) is 10.4 Å². The van der Waals surface area contributed by atoms with Gasteiger partial charge in [0.25, 0.3) is 5.91 Å². The maximum atomic E-state index is 13.8. The number of nitrogens with one attached hydrogen (secondary N) is 1. The molecule has 2 heterocycles. The van der Waals surface area contributed by atoms with E-state index in [-0.39, 0.29) is 11.7 Å². The van der Waals surface area contributed by atoms with Crippen molar-refractivity contribution in [1.29, 1.82) is 0 Å². The molecule has 3 aromatic rings. The molecular formula is C22H22FN3O3S. The van der Waals surface area contributed by atoms with E-state index in [1.807, 2.05) is 25.1 Å². The van der Waals surface area contributed by atoms with Crippen LogP contribution < -0.4 is 14.8 Å². The Hall–Kier alpha value is -3.00. The largest absolute Gasteiger partial charge is 0.493 e. The number of halogens is 1. The number of benzene rings is 2. The zero-order valence-electron chi connectivity index (χ0n) is 17.0. The lowest BCUT2D eigenvalue weighted by Gasteiger charge is -2.17. The Morgan fingerprint density at radius 2 is 2.10 bits per heavy atom. The Morgan fingerprint density at radius 1 is 1.27 bits per heavy atom. The van der Waals surface area contributed by atoms with E-state index >= 15 is 0 Å². The molecule has 0 radical (unpaired) electrons. The van der Waals surface area contributed by atoms with E-state index in [9.17, 15) is 9.18 Å². The van der Waals surface area contributed by atoms with Gasteiger partial charge >= 0.3 is 0 Å². The molecule has 1 N–H and O–H groups in total. The summed E-state index contributed by atoms with van der Waals surface area (Å²) in [5.74, 6) is 1.33. The molecule has 6 nitrogen and oxygen atoms in total. The number of ether oxygens (including phenoxy) is 2. The van der Waals surface area contributed by atoms with Crippen molar-refractivity contribution in [3.8, 4) is 22.8 Å². The molecule has 156 valence electrons. The average molecular weight is 428 g/mol. The second kappa shape index (κ2) is 8.39. The number of carbonyl (C=O) groups is 1. The maximum absolute atomic E-state index is 13.8. The molecule has 1 aliphatic heterocycles. The summed E-state index contributed by atoms with van der Waals surface area (Å²) in [6.07, 6.45) is 0. The van der Waals surface area contributed by atoms with Crippen molar-refractivity contribution in [2.75, 3.05) is 13.7 Å². The van der Waals surface area contributed by atoms with E-state index in [1.54, 1.807) is 36.7 Å². The number of carbonyl (C=O) groups excluding carboxylic acids is 1. The summed E-state index contributed by atoms with van der Waals surface area (Å²) in [5, 5.41) is 7.35. The van der Waals surface area contributed by atoms with E-state index in [0.717, 1.165) is 27.3 Å². The van der Waals surface area contributed by atoms with Gasteiger partial charge in [-0.2, -0.15) is 5.10 Å². The maximum Gasteiger partial charge on any atom is 0.272 e. The zero-order valence-corrected chi connectivity index (χ0v) is 17.8. The van der Waals surface area contributed by atoms with Crippen molar-refractivity contribution in [2.24, 2.45) is 7.05 Å². The van der Waals surface area contributed by atoms with E-state index in [4.69, 9.17) is 9.47 Å². The summed E-state index contributed by atoms with van der Waals surface area (Å²) in [4.78, 5) is 13.9. The fourth-order valence-corrected chi connectivity index (χ4v) is 4.60. The Bertz CT molecular complexity index is 1110. The predicted octanol–water partition coefficient (Wildman–Crippen LogP) is 4.17. The molecule has 0 spiro atoms. The van der Waals surface area contributed by atoms with Crippen molar-refractivity contribution in [1.82, 2.24) is 15.1 Å². The highest BCUT2D eigenvalue weighted by Gasteiger charge is 2.28. The van der Waals surface area contributed by atoms with Crippen molar-refractivity contribution in [2.45, 2.75) is 24.1 Å². The van der Waals surface area contributed by atoms with Crippen molar-refractivity contribution < 1.29 is 18.7 Å². The topological polar surface area (TPSA) is 65.4 Å². The highest BCUT2D eigenvalue weighted by molar-refractivity contribution is 7.98. The molecule has 0 aliphatic carbocycles. The van der Waals surface area contributed by atoms with Gasteiger partial charge in [0.2, 0.25) is 0 Å². The standard InChI is InChI=1S/C22H22FN3O3S/c1-4-29-17-7-5-13(9-18(17)28-3)11-24-22(27)20-16-12-30-19-8-6-14(23)10-15(19)21(16)26(2)25-20/h5-10H,4,11-12H2,1-3H3,(H,24,27). The highest BCUT2D eigenvalue weighted by Crippen LogP contribution is 2.42. The number of hydrogen-bond acceptors (Lipinski definition) is 5. The summed E-state index contributed by atoms with van der Waals surface area (Å²) >= 11 is 1.58. The first-order chi connectivity index (χ1) is 14.5. The van der Waals surface area contributed by atoms with Gasteiger partial charge in [-0.1, -0.05) is 6.07 Å². The van der Waals surface area contributed by atoms with Gasteiger partial charge in [0, 0.05) is 35.4 Å². The molecule has 0 atom stereocenters. The summed E-state index contributed by atoms with van der Waals surface area (Å²) in [5.41, 5.74) is 3.63. The van der Waals surface area contributed by atoms with E-state index in [1.165, 1.54) is 12.1 Å². The Morgan fingerprint density at radius 3 is 2.87 bits per heavy atom. The second-order valence-corrected chi connectivity index (χ2v) is 7.85. The minimum atomic E-state index is -0.307. The van der Waals surface area contributed by atoms with Crippen LogP contribution in [0.25, 0.3) is 11.3 Å². The fourth-order valence-electron chi connectivity index (χ4n) is 3.55. The van der Waals surface area contributed by atoms with E-state index < -0.39 is 0 Å². The van der Waals surface area contributed by atoms with Crippen LogP contribution in [-0.2, 0) is 19.3 Å². The lowest BCUT2D eigenvalue weighted by molar-refractivity contribution is 0.0944. The Kier molecular flexibility index (Phi) is 5.67. The molecule has 0 saturated carbocycles. The zero-order chi connectivity index (χ0) is 21.3. The number of aryl methyl sites for hydroxylation is 1. The number of methoxy groups -OCH3 is 1. The summed E-state index contributed by atoms with van der Waals surface area (Å²) < 4.78 is 26.3. The van der Waals surface area contributed by atoms with Crippen LogP contribution in [0.1, 0.15) is 28.5 Å². The third kappa shape index (κ3) is 3.75. The fraction of sp³-hybridized carbons (Fsp3) is 0.273. The first-order valence-electron chi connectivity index (χ1n) is 9.58. The molecule has 1 amide bonds. The van der Waals surface area contributed by atoms with Crippen LogP contribution in [0, 0.1) is 5.82 Å².